The number of methoxy groups -OCH3 is 1. The quantitative estimate of drug-likeness (QED) is 0.475. The summed E-state index contributed by atoms with van der Waals surface area (Å²) in [6.45, 7) is 3.98. The van der Waals surface area contributed by atoms with Crippen LogP contribution in [-0.2, 0) is 23.8 Å². The van der Waals surface area contributed by atoms with Gasteiger partial charge in [-0.15, -0.1) is 0 Å². The topological polar surface area (TPSA) is 90.9 Å². The number of nitrogens with one attached hydrogen (secondary N) is 1. The van der Waals surface area contributed by atoms with Crippen LogP contribution in [0, 0.1) is 5.92 Å². The number of amides is 1. The zero-order valence-corrected chi connectivity index (χ0v) is 17.4. The molecule has 7 heteroatoms. The molecule has 1 aromatic rings. The first-order chi connectivity index (χ1) is 13.9. The van der Waals surface area contributed by atoms with Crippen molar-refractivity contribution in [2.45, 2.75) is 57.8 Å². The Morgan fingerprint density at radius 2 is 1.79 bits per heavy atom. The van der Waals surface area contributed by atoms with Gasteiger partial charge in [-0.2, -0.15) is 0 Å². The van der Waals surface area contributed by atoms with Crippen LogP contribution in [0.15, 0.2) is 30.3 Å². The van der Waals surface area contributed by atoms with Gasteiger partial charge in [-0.3, -0.25) is 9.59 Å². The molecule has 0 radical (unpaired) electrons. The van der Waals surface area contributed by atoms with Gasteiger partial charge in [-0.05, 0) is 31.9 Å². The summed E-state index contributed by atoms with van der Waals surface area (Å²) in [6.07, 6.45) is 4.28. The van der Waals surface area contributed by atoms with Gasteiger partial charge in [0.1, 0.15) is 0 Å². The molecular formula is C22H31NO6. The summed E-state index contributed by atoms with van der Waals surface area (Å²) < 4.78 is 15.8. The number of carbonyl (C=O) groups is 3. The fourth-order valence-electron chi connectivity index (χ4n) is 3.28. The number of carbonyl (C=O) groups excluding carboxylic acids is 3. The summed E-state index contributed by atoms with van der Waals surface area (Å²) in [5.41, 5.74) is 0.551. The van der Waals surface area contributed by atoms with Crippen molar-refractivity contribution >= 4 is 17.7 Å². The van der Waals surface area contributed by atoms with E-state index in [1.807, 2.05) is 6.07 Å². The second-order valence-corrected chi connectivity index (χ2v) is 7.57. The first-order valence-corrected chi connectivity index (χ1v) is 10.1. The number of ketones is 1. The molecule has 1 aromatic carbocycles. The summed E-state index contributed by atoms with van der Waals surface area (Å²) in [6, 6.07) is 8.42. The molecule has 1 fully saturated rings. The molecule has 1 saturated heterocycles. The van der Waals surface area contributed by atoms with Crippen molar-refractivity contribution in [2.75, 3.05) is 20.3 Å². The number of Topliss-reactive ketones (excluding diaryl/α,β-unsaturated/α-hetero) is 1. The Bertz CT molecular complexity index is 682. The normalized spacial score (nSPS) is 22.5. The number of hydrogen-bond donors (Lipinski definition) is 1. The Hall–Kier alpha value is -2.25. The first-order valence-electron chi connectivity index (χ1n) is 10.1. The van der Waals surface area contributed by atoms with Crippen molar-refractivity contribution in [3.8, 4) is 0 Å². The van der Waals surface area contributed by atoms with E-state index in [9.17, 15) is 14.4 Å². The summed E-state index contributed by atoms with van der Waals surface area (Å²) in [5, 5.41) is 2.83. The highest BCUT2D eigenvalue weighted by atomic mass is 16.7. The summed E-state index contributed by atoms with van der Waals surface area (Å²) in [7, 11) is 1.31. The number of rotatable bonds is 10. The largest absolute Gasteiger partial charge is 0.465 e. The minimum Gasteiger partial charge on any atom is -0.465 e. The van der Waals surface area contributed by atoms with E-state index >= 15 is 0 Å². The lowest BCUT2D eigenvalue weighted by Gasteiger charge is -2.35. The predicted octanol–water partition coefficient (Wildman–Crippen LogP) is 2.88. The number of ether oxygens (including phenoxy) is 3. The number of benzene rings is 1. The Balaban J connectivity index is 1.66. The maximum Gasteiger partial charge on any atom is 0.366 e. The lowest BCUT2D eigenvalue weighted by Crippen LogP contribution is -2.48. The first kappa shape index (κ1) is 23.0. The molecule has 0 aromatic heterocycles. The molecule has 1 heterocycles. The summed E-state index contributed by atoms with van der Waals surface area (Å²) in [5.74, 6) is -1.86. The molecule has 29 heavy (non-hydrogen) atoms. The average molecular weight is 405 g/mol. The van der Waals surface area contributed by atoms with Gasteiger partial charge < -0.3 is 19.5 Å². The van der Waals surface area contributed by atoms with Gasteiger partial charge in [-0.25, -0.2) is 4.79 Å². The highest BCUT2D eigenvalue weighted by Gasteiger charge is 2.41. The van der Waals surface area contributed by atoms with Gasteiger partial charge in [0.25, 0.3) is 11.7 Å². The predicted molar refractivity (Wildman–Crippen MR) is 107 cm³/mol. The van der Waals surface area contributed by atoms with E-state index in [4.69, 9.17) is 14.2 Å². The minimum absolute atomic E-state index is 0.0366. The molecule has 0 bridgehead atoms. The van der Waals surface area contributed by atoms with Crippen LogP contribution in [0.4, 0.5) is 0 Å². The molecule has 0 spiro atoms. The highest BCUT2D eigenvalue weighted by Crippen LogP contribution is 2.25. The van der Waals surface area contributed by atoms with E-state index < -0.39 is 17.8 Å². The molecule has 1 aliphatic heterocycles. The van der Waals surface area contributed by atoms with E-state index in [-0.39, 0.29) is 17.6 Å². The van der Waals surface area contributed by atoms with Crippen LogP contribution in [0.5, 0.6) is 0 Å². The average Bonchev–Trinajstić information content (AvgIpc) is 2.73. The van der Waals surface area contributed by atoms with E-state index in [2.05, 4.69) is 5.32 Å². The van der Waals surface area contributed by atoms with E-state index in [1.165, 1.54) is 14.0 Å². The molecule has 1 unspecified atom stereocenters. The van der Waals surface area contributed by atoms with Gasteiger partial charge in [-0.1, -0.05) is 37.5 Å². The maximum atomic E-state index is 12.3. The Kier molecular flexibility index (Phi) is 8.79. The van der Waals surface area contributed by atoms with Gasteiger partial charge in [0.2, 0.25) is 0 Å². The number of unbranched alkanes of at least 4 members (excludes halogenated alkanes) is 2. The van der Waals surface area contributed by atoms with Gasteiger partial charge in [0.15, 0.2) is 5.78 Å². The number of hydrogen-bond acceptors (Lipinski definition) is 6. The molecule has 7 nitrogen and oxygen atoms in total. The standard InChI is InChI=1S/C22H31NO6/c1-16(24)19(23-20(25)18-11-7-5-8-12-18)13-9-4-6-10-17-14-28-22(2,29-15-17)21(26)27-3/h5,7-8,11-12,17,19H,4,6,9-10,13-15H2,1-3H3,(H,23,25)/t17-,19?,22+. The Labute approximate surface area is 172 Å². The fourth-order valence-corrected chi connectivity index (χ4v) is 3.28. The smallest absolute Gasteiger partial charge is 0.366 e. The van der Waals surface area contributed by atoms with Crippen molar-refractivity contribution in [1.29, 1.82) is 0 Å². The molecule has 1 atom stereocenters. The minimum atomic E-state index is -1.31. The van der Waals surface area contributed by atoms with Crippen molar-refractivity contribution in [1.82, 2.24) is 5.32 Å². The van der Waals surface area contributed by atoms with Crippen LogP contribution in [0.3, 0.4) is 0 Å². The van der Waals surface area contributed by atoms with Gasteiger partial charge in [0.05, 0.1) is 26.4 Å². The van der Waals surface area contributed by atoms with E-state index in [0.717, 1.165) is 25.7 Å². The molecular weight excluding hydrogens is 374 g/mol. The van der Waals surface area contributed by atoms with Crippen LogP contribution < -0.4 is 5.32 Å². The maximum absolute atomic E-state index is 12.3. The third-order valence-corrected chi connectivity index (χ3v) is 5.18. The SMILES string of the molecule is COC(=O)[C@]1(C)OC[C@H](CCCCCC(NC(=O)c2ccccc2)C(C)=O)CO1. The van der Waals surface area contributed by atoms with Crippen LogP contribution in [0.1, 0.15) is 56.3 Å². The van der Waals surface area contributed by atoms with Crippen LogP contribution in [-0.4, -0.2) is 49.8 Å². The van der Waals surface area contributed by atoms with Crippen LogP contribution in [0.2, 0.25) is 0 Å². The van der Waals surface area contributed by atoms with E-state index in [0.29, 0.717) is 25.2 Å². The van der Waals surface area contributed by atoms with Crippen molar-refractivity contribution in [2.24, 2.45) is 5.92 Å². The monoisotopic (exact) mass is 405 g/mol. The zero-order valence-electron chi connectivity index (χ0n) is 17.4. The lowest BCUT2D eigenvalue weighted by molar-refractivity contribution is -0.272. The van der Waals surface area contributed by atoms with Gasteiger partial charge >= 0.3 is 5.97 Å². The zero-order chi connectivity index (χ0) is 21.3. The summed E-state index contributed by atoms with van der Waals surface area (Å²) >= 11 is 0. The molecule has 0 aliphatic carbocycles. The second-order valence-electron chi connectivity index (χ2n) is 7.57. The second kappa shape index (κ2) is 11.1. The van der Waals surface area contributed by atoms with Gasteiger partial charge in [0, 0.05) is 18.4 Å². The highest BCUT2D eigenvalue weighted by molar-refractivity contribution is 5.97. The Morgan fingerprint density at radius 1 is 1.14 bits per heavy atom. The van der Waals surface area contributed by atoms with Crippen molar-refractivity contribution in [3.63, 3.8) is 0 Å². The third kappa shape index (κ3) is 6.94. The van der Waals surface area contributed by atoms with Crippen LogP contribution >= 0.6 is 0 Å². The van der Waals surface area contributed by atoms with E-state index in [1.54, 1.807) is 31.2 Å². The molecule has 160 valence electrons. The molecule has 2 rings (SSSR count). The number of esters is 1. The molecule has 1 amide bonds. The third-order valence-electron chi connectivity index (χ3n) is 5.18. The fraction of sp³-hybridized carbons (Fsp3) is 0.591. The lowest BCUT2D eigenvalue weighted by atomic mass is 9.99. The molecule has 1 N–H and O–H groups in total. The molecule has 0 saturated carbocycles. The van der Waals surface area contributed by atoms with Crippen molar-refractivity contribution in [3.05, 3.63) is 35.9 Å². The van der Waals surface area contributed by atoms with Crippen molar-refractivity contribution < 1.29 is 28.6 Å². The van der Waals surface area contributed by atoms with Crippen LogP contribution in [0.25, 0.3) is 0 Å². The summed E-state index contributed by atoms with van der Waals surface area (Å²) in [4.78, 5) is 35.8. The Morgan fingerprint density at radius 3 is 2.38 bits per heavy atom. The molecule has 1 aliphatic rings.